The highest BCUT2D eigenvalue weighted by molar-refractivity contribution is 7.80. The molecule has 31 heavy (non-hydrogen) atoms. The van der Waals surface area contributed by atoms with E-state index in [4.69, 9.17) is 32.7 Å². The number of thiol groups is 1. The Morgan fingerprint density at radius 2 is 2.10 bits per heavy atom. The van der Waals surface area contributed by atoms with E-state index in [1.807, 2.05) is 0 Å². The highest BCUT2D eigenvalue weighted by atomic mass is 35.5. The number of aliphatic hydroxyl groups excluding tert-OH is 2. The van der Waals surface area contributed by atoms with E-state index in [1.165, 1.54) is 35.3 Å². The lowest BCUT2D eigenvalue weighted by Crippen LogP contribution is -2.67. The lowest BCUT2D eigenvalue weighted by Gasteiger charge is -2.51. The van der Waals surface area contributed by atoms with Gasteiger partial charge in [0.15, 0.2) is 5.82 Å². The maximum absolute atomic E-state index is 14.2. The second-order valence-electron chi connectivity index (χ2n) is 6.81. The highest BCUT2D eigenvalue weighted by Crippen LogP contribution is 2.45. The molecule has 3 aromatic rings. The van der Waals surface area contributed by atoms with Gasteiger partial charge in [0.25, 0.3) is 0 Å². The molecule has 2 aromatic heterocycles. The Morgan fingerprint density at radius 3 is 2.68 bits per heavy atom. The van der Waals surface area contributed by atoms with E-state index in [-0.39, 0.29) is 15.6 Å². The van der Waals surface area contributed by atoms with E-state index in [0.717, 1.165) is 0 Å². The van der Waals surface area contributed by atoms with Gasteiger partial charge < -0.3 is 19.7 Å². The zero-order chi connectivity index (χ0) is 22.3. The maximum atomic E-state index is 14.2. The summed E-state index contributed by atoms with van der Waals surface area (Å²) < 4.78 is 26.9. The fourth-order valence-corrected chi connectivity index (χ4v) is 5.42. The molecular formula is C18H17Cl2FN4O4S2. The van der Waals surface area contributed by atoms with E-state index in [2.05, 4.69) is 27.9 Å². The molecule has 0 spiro atoms. The molecule has 1 saturated heterocycles. The second-order valence-corrected chi connectivity index (χ2v) is 9.03. The van der Waals surface area contributed by atoms with Gasteiger partial charge in [-0.2, -0.15) is 0 Å². The summed E-state index contributed by atoms with van der Waals surface area (Å²) in [6.45, 7) is -0.521. The minimum Gasteiger partial charge on any atom is -0.394 e. The summed E-state index contributed by atoms with van der Waals surface area (Å²) in [5.41, 5.74) is -1.75. The monoisotopic (exact) mass is 506 g/mol. The largest absolute Gasteiger partial charge is 0.394 e. The number of benzene rings is 1. The molecule has 0 radical (unpaired) electrons. The number of rotatable bonds is 5. The number of hydrogen-bond acceptors (Lipinski definition) is 9. The normalized spacial score (nSPS) is 28.7. The molecule has 1 aliphatic rings. The molecule has 1 aromatic carbocycles. The Kier molecular flexibility index (Phi) is 6.57. The zero-order valence-electron chi connectivity index (χ0n) is 15.9. The van der Waals surface area contributed by atoms with E-state index < -0.39 is 41.7 Å². The average molecular weight is 507 g/mol. The van der Waals surface area contributed by atoms with Gasteiger partial charge in [-0.05, 0) is 17.7 Å². The molecule has 166 valence electrons. The number of aromatic nitrogens is 4. The Labute approximate surface area is 195 Å². The quantitative estimate of drug-likeness (QED) is 0.361. The molecule has 0 bridgehead atoms. The second kappa shape index (κ2) is 8.91. The molecule has 1 fully saturated rings. The van der Waals surface area contributed by atoms with Gasteiger partial charge in [0.2, 0.25) is 0 Å². The summed E-state index contributed by atoms with van der Waals surface area (Å²) in [7, 11) is 1.41. The van der Waals surface area contributed by atoms with Crippen molar-refractivity contribution < 1.29 is 24.1 Å². The molecule has 0 saturated carbocycles. The number of hydrogen-bond donors (Lipinski definition) is 3. The molecule has 2 N–H and O–H groups in total. The van der Waals surface area contributed by atoms with Crippen molar-refractivity contribution in [1.82, 2.24) is 20.0 Å². The van der Waals surface area contributed by atoms with Crippen LogP contribution in [0.15, 0.2) is 29.9 Å². The number of ether oxygens (including phenoxy) is 2. The Balaban J connectivity index is 2.01. The Hall–Kier alpha value is -1.31. The van der Waals surface area contributed by atoms with Gasteiger partial charge in [-0.25, -0.2) is 14.1 Å². The fourth-order valence-electron chi connectivity index (χ4n) is 3.85. The average Bonchev–Trinajstić information content (AvgIpc) is 3.44. The number of halogens is 3. The molecule has 8 nitrogen and oxygen atoms in total. The number of thiazole rings is 1. The molecule has 13 heteroatoms. The first-order valence-electron chi connectivity index (χ1n) is 8.97. The van der Waals surface area contributed by atoms with Crippen LogP contribution < -0.4 is 0 Å². The standard InChI is InChI=1S/C18H17Cl2FN4O4S2/c1-28-15-17(30)29-12(7-26)14(27)18(15,8-4-9(19)13(21)10(20)5-8)25-6-11(23-24-25)16-22-2-3-31-16/h2-6,12,14-15,17,26-27,30H,7H2,1H3/t12-,14+,15+,17-,18?/m1/s1. The third-order valence-corrected chi connectivity index (χ3v) is 6.95. The third kappa shape index (κ3) is 3.66. The molecule has 1 unspecified atom stereocenters. The smallest absolute Gasteiger partial charge is 0.160 e. The summed E-state index contributed by atoms with van der Waals surface area (Å²) in [5, 5.41) is 31.5. The predicted octanol–water partition coefficient (Wildman–Crippen LogP) is 2.61. The molecule has 5 atom stereocenters. The van der Waals surface area contributed by atoms with Crippen molar-refractivity contribution >= 4 is 47.2 Å². The van der Waals surface area contributed by atoms with Crippen molar-refractivity contribution in [3.8, 4) is 10.7 Å². The van der Waals surface area contributed by atoms with Crippen molar-refractivity contribution in [3.63, 3.8) is 0 Å². The SMILES string of the molecule is CO[C@H]1[C@@H](S)O[C@H](CO)[C@H](O)C1(c1cc(Cl)c(F)c(Cl)c1)n1cc(-c2nccs2)nn1. The number of nitrogens with zero attached hydrogens (tertiary/aromatic N) is 4. The summed E-state index contributed by atoms with van der Waals surface area (Å²) in [5.74, 6) is -0.805. The van der Waals surface area contributed by atoms with Crippen LogP contribution in [0, 0.1) is 5.82 Å². The van der Waals surface area contributed by atoms with Gasteiger partial charge in [0, 0.05) is 18.7 Å². The molecule has 1 aliphatic heterocycles. The van der Waals surface area contributed by atoms with Gasteiger partial charge in [-0.1, -0.05) is 28.4 Å². The predicted molar refractivity (Wildman–Crippen MR) is 116 cm³/mol. The van der Waals surface area contributed by atoms with Gasteiger partial charge in [0.1, 0.15) is 40.0 Å². The van der Waals surface area contributed by atoms with Gasteiger partial charge in [0.05, 0.1) is 22.8 Å². The summed E-state index contributed by atoms with van der Waals surface area (Å²) in [4.78, 5) is 4.22. The maximum Gasteiger partial charge on any atom is 0.160 e. The van der Waals surface area contributed by atoms with Gasteiger partial charge in [-0.15, -0.1) is 29.1 Å². The molecule has 3 heterocycles. The van der Waals surface area contributed by atoms with Crippen LogP contribution in [-0.2, 0) is 15.0 Å². The number of methoxy groups -OCH3 is 1. The van der Waals surface area contributed by atoms with Crippen LogP contribution in [0.4, 0.5) is 4.39 Å². The Bertz CT molecular complexity index is 1050. The van der Waals surface area contributed by atoms with Crippen LogP contribution in [0.1, 0.15) is 5.56 Å². The topological polar surface area (TPSA) is 103 Å². The van der Waals surface area contributed by atoms with Crippen LogP contribution in [0.2, 0.25) is 10.0 Å². The fraction of sp³-hybridized carbons (Fsp3) is 0.389. The first-order chi connectivity index (χ1) is 14.8. The van der Waals surface area contributed by atoms with Gasteiger partial charge >= 0.3 is 0 Å². The molecular weight excluding hydrogens is 490 g/mol. The molecule has 0 amide bonds. The summed E-state index contributed by atoms with van der Waals surface area (Å²) in [6, 6.07) is 2.64. The zero-order valence-corrected chi connectivity index (χ0v) is 19.1. The minimum absolute atomic E-state index is 0.257. The third-order valence-electron chi connectivity index (χ3n) is 5.21. The Morgan fingerprint density at radius 1 is 1.39 bits per heavy atom. The lowest BCUT2D eigenvalue weighted by molar-refractivity contribution is -0.213. The van der Waals surface area contributed by atoms with Crippen LogP contribution in [0.25, 0.3) is 10.7 Å². The first-order valence-corrected chi connectivity index (χ1v) is 11.1. The van der Waals surface area contributed by atoms with E-state index in [1.54, 1.807) is 17.8 Å². The van der Waals surface area contributed by atoms with Gasteiger partial charge in [-0.3, -0.25) is 0 Å². The van der Waals surface area contributed by atoms with Crippen molar-refractivity contribution in [2.45, 2.75) is 29.3 Å². The summed E-state index contributed by atoms with van der Waals surface area (Å²) in [6.07, 6.45) is -0.254. The minimum atomic E-state index is -1.57. The molecule has 0 aliphatic carbocycles. The van der Waals surface area contributed by atoms with Crippen molar-refractivity contribution in [2.24, 2.45) is 0 Å². The van der Waals surface area contributed by atoms with Crippen LogP contribution in [-0.4, -0.2) is 67.7 Å². The van der Waals surface area contributed by atoms with E-state index >= 15 is 0 Å². The number of aliphatic hydroxyl groups is 2. The lowest BCUT2D eigenvalue weighted by atomic mass is 9.75. The molecule has 4 rings (SSSR count). The van der Waals surface area contributed by atoms with E-state index in [9.17, 15) is 14.6 Å². The highest BCUT2D eigenvalue weighted by Gasteiger charge is 2.59. The van der Waals surface area contributed by atoms with Crippen molar-refractivity contribution in [2.75, 3.05) is 13.7 Å². The van der Waals surface area contributed by atoms with Crippen LogP contribution >= 0.6 is 47.2 Å². The van der Waals surface area contributed by atoms with Crippen LogP contribution in [0.3, 0.4) is 0 Å². The van der Waals surface area contributed by atoms with E-state index in [0.29, 0.717) is 10.7 Å². The van der Waals surface area contributed by atoms with Crippen molar-refractivity contribution in [3.05, 3.63) is 51.3 Å². The summed E-state index contributed by atoms with van der Waals surface area (Å²) >= 11 is 18.0. The van der Waals surface area contributed by atoms with Crippen molar-refractivity contribution in [1.29, 1.82) is 0 Å². The van der Waals surface area contributed by atoms with Crippen LogP contribution in [0.5, 0.6) is 0 Å². The first kappa shape index (κ1) is 22.9.